The van der Waals surface area contributed by atoms with Crippen LogP contribution < -0.4 is 32.7 Å². The van der Waals surface area contributed by atoms with Crippen LogP contribution in [0.25, 0.3) is 0 Å². The summed E-state index contributed by atoms with van der Waals surface area (Å²) >= 11 is 0. The Morgan fingerprint density at radius 2 is 1.49 bits per heavy atom. The maximum absolute atomic E-state index is 13.5. The molecule has 0 unspecified atom stereocenters. The minimum absolute atomic E-state index is 0.103. The van der Waals surface area contributed by atoms with E-state index in [2.05, 4.69) is 26.3 Å². The third-order valence-corrected chi connectivity index (χ3v) is 7.14. The molecular formula is C24H37N9O8. The van der Waals surface area contributed by atoms with Crippen molar-refractivity contribution in [2.45, 2.75) is 69.1 Å². The van der Waals surface area contributed by atoms with Crippen molar-refractivity contribution in [2.24, 2.45) is 16.5 Å². The number of aliphatic imine (C=N–C) groups is 1. The molecule has 17 nitrogen and oxygen atoms in total. The molecule has 9 N–H and O–H groups in total. The number of fused-ring (bicyclic) bond motifs is 2. The minimum atomic E-state index is -1.53. The molecule has 0 spiro atoms. The quantitative estimate of drug-likeness (QED) is 0.0904. The van der Waals surface area contributed by atoms with Crippen molar-refractivity contribution in [2.75, 3.05) is 32.7 Å². The lowest BCUT2D eigenvalue weighted by molar-refractivity contribution is -0.147. The standard InChI is InChI=1S/C24H37N9O8/c25-24(26)27-7-1-4-13-20(38)28-11-17(34)30-14(10-19(36)37)21(39)29-12-18(35)32-8-3-6-16(32)23(41)33-9-2-5-15(33)22(40)31-13/h13-16H,1-12H2,(H,28,38)(H,29,39)(H,30,34)(H,31,40)(H,36,37)(H4,25,26,27)/t13-,14-,15-,16+/m0/s1. The Morgan fingerprint density at radius 3 is 2.17 bits per heavy atom. The predicted octanol–water partition coefficient (Wildman–Crippen LogP) is -4.29. The van der Waals surface area contributed by atoms with Crippen LogP contribution in [0, 0.1) is 0 Å². The summed E-state index contributed by atoms with van der Waals surface area (Å²) in [7, 11) is 0. The van der Waals surface area contributed by atoms with Crippen molar-refractivity contribution in [3.63, 3.8) is 0 Å². The van der Waals surface area contributed by atoms with Gasteiger partial charge in [0.2, 0.25) is 35.4 Å². The Bertz CT molecular complexity index is 1090. The molecule has 0 aliphatic carbocycles. The van der Waals surface area contributed by atoms with Crippen LogP contribution in [-0.4, -0.2) is 119 Å². The zero-order valence-corrected chi connectivity index (χ0v) is 22.6. The van der Waals surface area contributed by atoms with Gasteiger partial charge in [0, 0.05) is 19.6 Å². The van der Waals surface area contributed by atoms with Crippen molar-refractivity contribution in [3.8, 4) is 0 Å². The van der Waals surface area contributed by atoms with Gasteiger partial charge in [-0.25, -0.2) is 0 Å². The van der Waals surface area contributed by atoms with Crippen molar-refractivity contribution >= 4 is 47.4 Å². The summed E-state index contributed by atoms with van der Waals surface area (Å²) in [6, 6.07) is -4.32. The van der Waals surface area contributed by atoms with Gasteiger partial charge >= 0.3 is 5.97 Å². The lowest BCUT2D eigenvalue weighted by Gasteiger charge is -2.32. The second kappa shape index (κ2) is 14.3. The highest BCUT2D eigenvalue weighted by Gasteiger charge is 2.42. The smallest absolute Gasteiger partial charge is 0.305 e. The van der Waals surface area contributed by atoms with Crippen LogP contribution in [0.3, 0.4) is 0 Å². The second-order valence-corrected chi connectivity index (χ2v) is 10.1. The molecule has 0 saturated carbocycles. The number of hydrogen-bond donors (Lipinski definition) is 7. The number of carboxylic acid groups (broad SMARTS) is 1. The molecular weight excluding hydrogens is 542 g/mol. The van der Waals surface area contributed by atoms with Gasteiger partial charge in [0.25, 0.3) is 0 Å². The summed E-state index contributed by atoms with van der Waals surface area (Å²) < 4.78 is 0. The fourth-order valence-electron chi connectivity index (χ4n) is 5.16. The van der Waals surface area contributed by atoms with Gasteiger partial charge in [-0.2, -0.15) is 0 Å². The topological polar surface area (TPSA) is 259 Å². The number of nitrogens with two attached hydrogens (primary N) is 2. The molecule has 3 heterocycles. The number of amides is 6. The zero-order valence-electron chi connectivity index (χ0n) is 22.6. The van der Waals surface area contributed by atoms with Gasteiger partial charge < -0.3 is 47.6 Å². The van der Waals surface area contributed by atoms with Crippen molar-refractivity contribution in [1.29, 1.82) is 0 Å². The van der Waals surface area contributed by atoms with Crippen molar-refractivity contribution in [1.82, 2.24) is 31.1 Å². The molecule has 0 bridgehead atoms. The number of nitrogens with one attached hydrogen (secondary N) is 4. The number of carboxylic acids is 1. The lowest BCUT2D eigenvalue weighted by Crippen LogP contribution is -2.58. The molecule has 6 amide bonds. The molecule has 0 aromatic heterocycles. The number of rotatable bonds is 6. The summed E-state index contributed by atoms with van der Waals surface area (Å²) in [5, 5.41) is 18.8. The van der Waals surface area contributed by atoms with Gasteiger partial charge in [-0.15, -0.1) is 0 Å². The van der Waals surface area contributed by atoms with Crippen molar-refractivity contribution in [3.05, 3.63) is 0 Å². The van der Waals surface area contributed by atoms with E-state index < -0.39 is 85.1 Å². The number of aliphatic carboxylic acids is 1. The largest absolute Gasteiger partial charge is 0.481 e. The second-order valence-electron chi connectivity index (χ2n) is 10.1. The van der Waals surface area contributed by atoms with Crippen LogP contribution in [-0.2, 0) is 33.6 Å². The fraction of sp³-hybridized carbons (Fsp3) is 0.667. The molecule has 3 aliphatic heterocycles. The lowest BCUT2D eigenvalue weighted by atomic mass is 10.1. The van der Waals surface area contributed by atoms with Crippen molar-refractivity contribution < 1.29 is 38.7 Å². The van der Waals surface area contributed by atoms with Gasteiger partial charge in [0.05, 0.1) is 19.5 Å². The Balaban J connectivity index is 1.86. The van der Waals surface area contributed by atoms with E-state index in [1.165, 1.54) is 9.80 Å². The first kappa shape index (κ1) is 31.1. The Labute approximate surface area is 235 Å². The van der Waals surface area contributed by atoms with E-state index in [-0.39, 0.29) is 25.5 Å². The summed E-state index contributed by atoms with van der Waals surface area (Å²) in [6.07, 6.45) is 1.45. The number of carbonyl (C=O) groups excluding carboxylic acids is 6. The predicted molar refractivity (Wildman–Crippen MR) is 142 cm³/mol. The van der Waals surface area contributed by atoms with E-state index in [4.69, 9.17) is 11.5 Å². The summed E-state index contributed by atoms with van der Waals surface area (Å²) in [5.74, 6) is -5.49. The molecule has 0 radical (unpaired) electrons. The van der Waals surface area contributed by atoms with Gasteiger partial charge in [-0.3, -0.25) is 38.6 Å². The van der Waals surface area contributed by atoms with Crippen LogP contribution >= 0.6 is 0 Å². The van der Waals surface area contributed by atoms with Crippen LogP contribution in [0.15, 0.2) is 4.99 Å². The first-order valence-corrected chi connectivity index (χ1v) is 13.5. The highest BCUT2D eigenvalue weighted by molar-refractivity contribution is 5.97. The summed E-state index contributed by atoms with van der Waals surface area (Å²) in [6.45, 7) is -0.399. The molecule has 0 aromatic rings. The van der Waals surface area contributed by atoms with E-state index in [1.54, 1.807) is 0 Å². The Morgan fingerprint density at radius 1 is 0.854 bits per heavy atom. The maximum atomic E-state index is 13.5. The fourth-order valence-corrected chi connectivity index (χ4v) is 5.16. The first-order chi connectivity index (χ1) is 19.5. The molecule has 41 heavy (non-hydrogen) atoms. The minimum Gasteiger partial charge on any atom is -0.481 e. The third kappa shape index (κ3) is 8.52. The number of guanidine groups is 1. The van der Waals surface area contributed by atoms with E-state index in [9.17, 15) is 38.7 Å². The van der Waals surface area contributed by atoms with E-state index in [0.717, 1.165) is 0 Å². The molecule has 226 valence electrons. The van der Waals surface area contributed by atoms with Crippen LogP contribution in [0.1, 0.15) is 44.9 Å². The number of hydrogen-bond acceptors (Lipinski definition) is 8. The summed E-state index contributed by atoms with van der Waals surface area (Å²) in [4.78, 5) is 95.9. The van der Waals surface area contributed by atoms with E-state index >= 15 is 0 Å². The molecule has 0 aromatic carbocycles. The molecule has 3 saturated heterocycles. The zero-order chi connectivity index (χ0) is 30.1. The van der Waals surface area contributed by atoms with Gasteiger partial charge in [0.15, 0.2) is 5.96 Å². The SMILES string of the molecule is NC(N)=NCCC[C@@H]1NC(=O)[C@@H]2CCCN2C(=O)[C@H]2CCCN2C(=O)CNC(=O)[C@H](CC(=O)O)NC(=O)CNC1=O. The van der Waals surface area contributed by atoms with Crippen LogP contribution in [0.4, 0.5) is 0 Å². The van der Waals surface area contributed by atoms with Crippen LogP contribution in [0.5, 0.6) is 0 Å². The Hall–Kier alpha value is -4.44. The summed E-state index contributed by atoms with van der Waals surface area (Å²) in [5.41, 5.74) is 10.7. The monoisotopic (exact) mass is 579 g/mol. The molecule has 17 heteroatoms. The van der Waals surface area contributed by atoms with Gasteiger partial charge in [-0.1, -0.05) is 0 Å². The third-order valence-electron chi connectivity index (χ3n) is 7.14. The maximum Gasteiger partial charge on any atom is 0.305 e. The molecule has 3 rings (SSSR count). The average Bonchev–Trinajstić information content (AvgIpc) is 3.60. The van der Waals surface area contributed by atoms with E-state index in [1.807, 2.05) is 0 Å². The van der Waals surface area contributed by atoms with Gasteiger partial charge in [0.1, 0.15) is 24.2 Å². The number of carbonyl (C=O) groups is 7. The Kier molecular flexibility index (Phi) is 10.8. The molecule has 3 fully saturated rings. The number of nitrogens with zero attached hydrogens (tertiary/aromatic N) is 3. The van der Waals surface area contributed by atoms with E-state index in [0.29, 0.717) is 38.6 Å². The normalized spacial score (nSPS) is 26.5. The highest BCUT2D eigenvalue weighted by Crippen LogP contribution is 2.25. The molecule has 4 atom stereocenters. The van der Waals surface area contributed by atoms with Crippen LogP contribution in [0.2, 0.25) is 0 Å². The average molecular weight is 580 g/mol. The highest BCUT2D eigenvalue weighted by atomic mass is 16.4. The first-order valence-electron chi connectivity index (χ1n) is 13.5. The van der Waals surface area contributed by atoms with Gasteiger partial charge in [-0.05, 0) is 38.5 Å². The molecule has 3 aliphatic rings.